The number of nitrogens with two attached hydrogens (primary N) is 2. The SMILES string of the molecule is Cc1nc(N2CCC(N)(C(N)=O)CC2)cc(=O)n1-c1cccc(Cl)c1Cl. The molecule has 1 aliphatic heterocycles. The number of amides is 1. The molecule has 1 aromatic heterocycles. The van der Waals surface area contributed by atoms with Gasteiger partial charge in [-0.1, -0.05) is 29.3 Å². The normalized spacial score (nSPS) is 16.5. The first-order chi connectivity index (χ1) is 12.2. The third kappa shape index (κ3) is 3.30. The molecular weight excluding hydrogens is 377 g/mol. The maximum Gasteiger partial charge on any atom is 0.260 e. The van der Waals surface area contributed by atoms with E-state index in [2.05, 4.69) is 4.98 Å². The molecule has 2 aromatic rings. The molecule has 1 amide bonds. The van der Waals surface area contributed by atoms with Crippen LogP contribution in [0.4, 0.5) is 5.82 Å². The highest BCUT2D eigenvalue weighted by atomic mass is 35.5. The molecule has 0 radical (unpaired) electrons. The van der Waals surface area contributed by atoms with Gasteiger partial charge in [-0.15, -0.1) is 0 Å². The summed E-state index contributed by atoms with van der Waals surface area (Å²) in [4.78, 5) is 30.6. The van der Waals surface area contributed by atoms with Crippen LogP contribution in [0.5, 0.6) is 0 Å². The average molecular weight is 396 g/mol. The predicted octanol–water partition coefficient (Wildman–Crippen LogP) is 1.63. The Morgan fingerprint density at radius 1 is 1.27 bits per heavy atom. The first-order valence-electron chi connectivity index (χ1n) is 8.12. The Bertz CT molecular complexity index is 920. The second-order valence-electron chi connectivity index (χ2n) is 6.42. The Labute approximate surface area is 160 Å². The largest absolute Gasteiger partial charge is 0.368 e. The molecule has 0 unspecified atom stereocenters. The van der Waals surface area contributed by atoms with E-state index in [1.807, 2.05) is 4.90 Å². The molecule has 138 valence electrons. The number of piperidine rings is 1. The lowest BCUT2D eigenvalue weighted by Crippen LogP contribution is -2.58. The van der Waals surface area contributed by atoms with E-state index in [0.717, 1.165) is 0 Å². The van der Waals surface area contributed by atoms with Crippen molar-refractivity contribution in [3.8, 4) is 5.69 Å². The van der Waals surface area contributed by atoms with Crippen molar-refractivity contribution in [1.29, 1.82) is 0 Å². The molecule has 4 N–H and O–H groups in total. The van der Waals surface area contributed by atoms with Crippen molar-refractivity contribution in [3.05, 3.63) is 50.5 Å². The molecule has 0 atom stereocenters. The summed E-state index contributed by atoms with van der Waals surface area (Å²) in [6, 6.07) is 6.53. The lowest BCUT2D eigenvalue weighted by atomic mass is 9.88. The van der Waals surface area contributed by atoms with Crippen molar-refractivity contribution >= 4 is 34.9 Å². The van der Waals surface area contributed by atoms with Crippen LogP contribution in [0, 0.1) is 6.92 Å². The molecule has 0 spiro atoms. The molecule has 1 aliphatic rings. The Balaban J connectivity index is 1.93. The molecule has 7 nitrogen and oxygen atoms in total. The van der Waals surface area contributed by atoms with Crippen LogP contribution >= 0.6 is 23.2 Å². The number of aryl methyl sites for hydroxylation is 1. The number of carbonyl (C=O) groups is 1. The van der Waals surface area contributed by atoms with Gasteiger partial charge in [0.05, 0.1) is 21.3 Å². The summed E-state index contributed by atoms with van der Waals surface area (Å²) in [7, 11) is 0. The van der Waals surface area contributed by atoms with Crippen molar-refractivity contribution in [2.24, 2.45) is 11.5 Å². The molecular formula is C17H19Cl2N5O2. The summed E-state index contributed by atoms with van der Waals surface area (Å²) in [5.74, 6) is 0.511. The quantitative estimate of drug-likeness (QED) is 0.820. The van der Waals surface area contributed by atoms with Gasteiger partial charge in [0.2, 0.25) is 5.91 Å². The van der Waals surface area contributed by atoms with Crippen LogP contribution in [0.25, 0.3) is 5.69 Å². The third-order valence-corrected chi connectivity index (χ3v) is 5.52. The zero-order valence-corrected chi connectivity index (χ0v) is 15.7. The highest BCUT2D eigenvalue weighted by molar-refractivity contribution is 6.43. The maximum absolute atomic E-state index is 12.7. The minimum atomic E-state index is -1.01. The maximum atomic E-state index is 12.7. The van der Waals surface area contributed by atoms with E-state index >= 15 is 0 Å². The number of halogens is 2. The second-order valence-corrected chi connectivity index (χ2v) is 7.20. The molecule has 1 saturated heterocycles. The summed E-state index contributed by atoms with van der Waals surface area (Å²) in [5.41, 5.74) is 10.6. The van der Waals surface area contributed by atoms with E-state index in [1.165, 1.54) is 10.6 Å². The van der Waals surface area contributed by atoms with Gasteiger partial charge in [-0.3, -0.25) is 14.2 Å². The summed E-state index contributed by atoms with van der Waals surface area (Å²) in [6.45, 7) is 2.71. The minimum absolute atomic E-state index is 0.267. The predicted molar refractivity (Wildman–Crippen MR) is 102 cm³/mol. The summed E-state index contributed by atoms with van der Waals surface area (Å²) >= 11 is 12.3. The van der Waals surface area contributed by atoms with Gasteiger partial charge in [0.25, 0.3) is 5.56 Å². The van der Waals surface area contributed by atoms with Crippen LogP contribution in [0.15, 0.2) is 29.1 Å². The van der Waals surface area contributed by atoms with Crippen LogP contribution < -0.4 is 21.9 Å². The summed E-state index contributed by atoms with van der Waals surface area (Å²) < 4.78 is 1.41. The number of nitrogens with zero attached hydrogens (tertiary/aromatic N) is 3. The van der Waals surface area contributed by atoms with Crippen molar-refractivity contribution in [2.75, 3.05) is 18.0 Å². The molecule has 0 bridgehead atoms. The molecule has 1 fully saturated rings. The van der Waals surface area contributed by atoms with Gasteiger partial charge in [0, 0.05) is 19.2 Å². The standard InChI is InChI=1S/C17H19Cl2N5O2/c1-10-22-13(23-7-5-17(21,6-8-23)16(20)26)9-14(25)24(10)12-4-2-3-11(18)15(12)19/h2-4,9H,5-8,21H2,1H3,(H2,20,26). The summed E-state index contributed by atoms with van der Waals surface area (Å²) in [5, 5.41) is 0.655. The number of rotatable bonds is 3. The van der Waals surface area contributed by atoms with Gasteiger partial charge in [-0.05, 0) is 31.9 Å². The fourth-order valence-corrected chi connectivity index (χ4v) is 3.46. The van der Waals surface area contributed by atoms with E-state index in [4.69, 9.17) is 34.7 Å². The van der Waals surface area contributed by atoms with Crippen molar-refractivity contribution in [3.63, 3.8) is 0 Å². The van der Waals surface area contributed by atoms with Crippen LogP contribution in [0.3, 0.4) is 0 Å². The molecule has 2 heterocycles. The number of hydrogen-bond donors (Lipinski definition) is 2. The van der Waals surface area contributed by atoms with Crippen molar-refractivity contribution in [1.82, 2.24) is 9.55 Å². The van der Waals surface area contributed by atoms with Crippen LogP contribution in [-0.2, 0) is 4.79 Å². The number of carbonyl (C=O) groups excluding carboxylic acids is 1. The Morgan fingerprint density at radius 2 is 1.92 bits per heavy atom. The third-order valence-electron chi connectivity index (χ3n) is 4.72. The highest BCUT2D eigenvalue weighted by Crippen LogP contribution is 2.29. The van der Waals surface area contributed by atoms with Gasteiger partial charge >= 0.3 is 0 Å². The lowest BCUT2D eigenvalue weighted by molar-refractivity contribution is -0.123. The number of primary amides is 1. The highest BCUT2D eigenvalue weighted by Gasteiger charge is 2.36. The van der Waals surface area contributed by atoms with Gasteiger partial charge < -0.3 is 16.4 Å². The molecule has 3 rings (SSSR count). The zero-order chi connectivity index (χ0) is 19.1. The van der Waals surface area contributed by atoms with Crippen LogP contribution in [0.2, 0.25) is 10.0 Å². The number of aromatic nitrogens is 2. The van der Waals surface area contributed by atoms with E-state index < -0.39 is 11.4 Å². The Kier molecular flexibility index (Phi) is 4.96. The van der Waals surface area contributed by atoms with Gasteiger partial charge in [0.1, 0.15) is 11.6 Å². The van der Waals surface area contributed by atoms with E-state index in [9.17, 15) is 9.59 Å². The van der Waals surface area contributed by atoms with E-state index in [1.54, 1.807) is 25.1 Å². The number of hydrogen-bond acceptors (Lipinski definition) is 5. The molecule has 1 aromatic carbocycles. The van der Waals surface area contributed by atoms with Gasteiger partial charge in [0.15, 0.2) is 0 Å². The first-order valence-corrected chi connectivity index (χ1v) is 8.87. The Hall–Kier alpha value is -2.09. The summed E-state index contributed by atoms with van der Waals surface area (Å²) in [6.07, 6.45) is 0.818. The Morgan fingerprint density at radius 3 is 2.50 bits per heavy atom. The second kappa shape index (κ2) is 6.90. The van der Waals surface area contributed by atoms with E-state index in [-0.39, 0.29) is 5.56 Å². The number of anilines is 1. The van der Waals surface area contributed by atoms with Gasteiger partial charge in [-0.2, -0.15) is 0 Å². The smallest absolute Gasteiger partial charge is 0.260 e. The fraction of sp³-hybridized carbons (Fsp3) is 0.353. The topological polar surface area (TPSA) is 107 Å². The lowest BCUT2D eigenvalue weighted by Gasteiger charge is -2.37. The first kappa shape index (κ1) is 18.7. The average Bonchev–Trinajstić information content (AvgIpc) is 2.58. The molecule has 0 saturated carbocycles. The van der Waals surface area contributed by atoms with Crippen LogP contribution in [0.1, 0.15) is 18.7 Å². The van der Waals surface area contributed by atoms with Crippen molar-refractivity contribution < 1.29 is 4.79 Å². The zero-order valence-electron chi connectivity index (χ0n) is 14.2. The molecule has 26 heavy (non-hydrogen) atoms. The monoisotopic (exact) mass is 395 g/mol. The van der Waals surface area contributed by atoms with E-state index in [0.29, 0.717) is 53.3 Å². The van der Waals surface area contributed by atoms with Crippen molar-refractivity contribution in [2.45, 2.75) is 25.3 Å². The fourth-order valence-electron chi connectivity index (χ4n) is 3.08. The van der Waals surface area contributed by atoms with Gasteiger partial charge in [-0.25, -0.2) is 4.98 Å². The number of benzene rings is 1. The van der Waals surface area contributed by atoms with Crippen LogP contribution in [-0.4, -0.2) is 34.1 Å². The minimum Gasteiger partial charge on any atom is -0.368 e. The molecule has 0 aliphatic carbocycles. The molecule has 9 heteroatoms.